The van der Waals surface area contributed by atoms with Crippen LogP contribution >= 0.6 is 0 Å². The molecule has 1 unspecified atom stereocenters. The van der Waals surface area contributed by atoms with Crippen molar-refractivity contribution in [1.82, 2.24) is 0 Å². The van der Waals surface area contributed by atoms with Gasteiger partial charge in [0.2, 0.25) is 0 Å². The predicted octanol–water partition coefficient (Wildman–Crippen LogP) is -0.515. The maximum absolute atomic E-state index is 11.0. The quantitative estimate of drug-likeness (QED) is 0.624. The third-order valence-electron chi connectivity index (χ3n) is 2.61. The summed E-state index contributed by atoms with van der Waals surface area (Å²) in [6.07, 6.45) is 0. The number of carbonyl (C=O) groups is 1. The molecular weight excluding hydrogens is 176 g/mol. The van der Waals surface area contributed by atoms with E-state index in [-0.39, 0.29) is 19.8 Å². The highest BCUT2D eigenvalue weighted by molar-refractivity contribution is 5.76. The lowest BCUT2D eigenvalue weighted by molar-refractivity contribution is -0.248. The van der Waals surface area contributed by atoms with E-state index in [1.165, 1.54) is 14.0 Å². The number of hydrogen-bond donors (Lipinski definition) is 2. The molecule has 76 valence electrons. The predicted molar refractivity (Wildman–Crippen MR) is 43.4 cm³/mol. The van der Waals surface area contributed by atoms with Crippen LogP contribution in [0.5, 0.6) is 0 Å². The van der Waals surface area contributed by atoms with Crippen molar-refractivity contribution in [1.29, 1.82) is 0 Å². The molecule has 5 heteroatoms. The summed E-state index contributed by atoms with van der Waals surface area (Å²) >= 11 is 0. The second kappa shape index (κ2) is 3.25. The molecule has 1 atom stereocenters. The van der Waals surface area contributed by atoms with Gasteiger partial charge in [0.15, 0.2) is 0 Å². The molecule has 1 rings (SSSR count). The fraction of sp³-hybridized carbons (Fsp3) is 0.875. The van der Waals surface area contributed by atoms with Gasteiger partial charge in [0.25, 0.3) is 0 Å². The summed E-state index contributed by atoms with van der Waals surface area (Å²) in [5.41, 5.74) is -2.59. The summed E-state index contributed by atoms with van der Waals surface area (Å²) < 4.78 is 9.61. The monoisotopic (exact) mass is 190 g/mol. The van der Waals surface area contributed by atoms with Crippen LogP contribution in [-0.2, 0) is 14.3 Å². The maximum atomic E-state index is 11.0. The van der Waals surface area contributed by atoms with E-state index in [0.717, 1.165) is 0 Å². The van der Waals surface area contributed by atoms with E-state index in [0.29, 0.717) is 0 Å². The maximum Gasteiger partial charge on any atom is 0.314 e. The molecule has 5 nitrogen and oxygen atoms in total. The van der Waals surface area contributed by atoms with Crippen LogP contribution in [0.4, 0.5) is 0 Å². The third kappa shape index (κ3) is 1.43. The number of aliphatic carboxylic acids is 1. The minimum atomic E-state index is -1.30. The molecule has 0 aromatic carbocycles. The Labute approximate surface area is 76.3 Å². The SMILES string of the molecule is COCC(C)(C(=O)O)C1(O)COC1. The van der Waals surface area contributed by atoms with E-state index in [9.17, 15) is 9.90 Å². The first kappa shape index (κ1) is 10.4. The van der Waals surface area contributed by atoms with E-state index in [1.807, 2.05) is 0 Å². The Balaban J connectivity index is 2.83. The van der Waals surface area contributed by atoms with Gasteiger partial charge in [0.05, 0.1) is 19.8 Å². The van der Waals surface area contributed by atoms with Crippen molar-refractivity contribution in [2.45, 2.75) is 12.5 Å². The lowest BCUT2D eigenvalue weighted by Gasteiger charge is -2.46. The lowest BCUT2D eigenvalue weighted by Crippen LogP contribution is -2.65. The van der Waals surface area contributed by atoms with Gasteiger partial charge in [-0.3, -0.25) is 4.79 Å². The highest BCUT2D eigenvalue weighted by Gasteiger charge is 2.57. The number of carboxylic acid groups (broad SMARTS) is 1. The van der Waals surface area contributed by atoms with Gasteiger partial charge in [-0.25, -0.2) is 0 Å². The Bertz CT molecular complexity index is 211. The molecule has 13 heavy (non-hydrogen) atoms. The van der Waals surface area contributed by atoms with E-state index in [2.05, 4.69) is 0 Å². The first-order valence-corrected chi connectivity index (χ1v) is 3.99. The Morgan fingerprint density at radius 3 is 2.46 bits per heavy atom. The van der Waals surface area contributed by atoms with Gasteiger partial charge in [0, 0.05) is 7.11 Å². The minimum Gasteiger partial charge on any atom is -0.481 e. The molecular formula is C8H14O5. The number of aliphatic hydroxyl groups is 1. The van der Waals surface area contributed by atoms with Gasteiger partial charge in [-0.05, 0) is 6.92 Å². The molecule has 0 saturated carbocycles. The van der Waals surface area contributed by atoms with Crippen LogP contribution in [0.15, 0.2) is 0 Å². The van der Waals surface area contributed by atoms with Crippen LogP contribution < -0.4 is 0 Å². The van der Waals surface area contributed by atoms with Gasteiger partial charge >= 0.3 is 5.97 Å². The Kier molecular flexibility index (Phi) is 2.61. The summed E-state index contributed by atoms with van der Waals surface area (Å²) in [6, 6.07) is 0. The van der Waals surface area contributed by atoms with Crippen LogP contribution in [-0.4, -0.2) is 48.7 Å². The van der Waals surface area contributed by atoms with Crippen molar-refractivity contribution in [3.05, 3.63) is 0 Å². The molecule has 1 heterocycles. The zero-order chi connectivity index (χ0) is 10.1. The van der Waals surface area contributed by atoms with E-state index in [1.54, 1.807) is 0 Å². The van der Waals surface area contributed by atoms with Crippen LogP contribution in [0.1, 0.15) is 6.92 Å². The van der Waals surface area contributed by atoms with Gasteiger partial charge in [-0.15, -0.1) is 0 Å². The van der Waals surface area contributed by atoms with Gasteiger partial charge in [-0.2, -0.15) is 0 Å². The molecule has 0 spiro atoms. The summed E-state index contributed by atoms with van der Waals surface area (Å²) in [7, 11) is 1.41. The molecule has 1 aliphatic heterocycles. The van der Waals surface area contributed by atoms with Crippen molar-refractivity contribution >= 4 is 5.97 Å². The largest absolute Gasteiger partial charge is 0.481 e. The molecule has 0 aromatic heterocycles. The summed E-state index contributed by atoms with van der Waals surface area (Å²) in [5, 5.41) is 18.8. The van der Waals surface area contributed by atoms with E-state index in [4.69, 9.17) is 14.6 Å². The molecule has 1 saturated heterocycles. The number of ether oxygens (including phenoxy) is 2. The first-order chi connectivity index (χ1) is 5.96. The Morgan fingerprint density at radius 1 is 1.69 bits per heavy atom. The van der Waals surface area contributed by atoms with Crippen LogP contribution in [0.25, 0.3) is 0 Å². The molecule has 1 fully saturated rings. The second-order valence-corrected chi connectivity index (χ2v) is 3.59. The molecule has 1 aliphatic rings. The molecule has 0 radical (unpaired) electrons. The Morgan fingerprint density at radius 2 is 2.23 bits per heavy atom. The average Bonchev–Trinajstić information content (AvgIpc) is 2.00. The average molecular weight is 190 g/mol. The topological polar surface area (TPSA) is 76.0 Å². The first-order valence-electron chi connectivity index (χ1n) is 3.99. The zero-order valence-electron chi connectivity index (χ0n) is 7.74. The molecule has 0 aliphatic carbocycles. The number of methoxy groups -OCH3 is 1. The number of carboxylic acids is 1. The van der Waals surface area contributed by atoms with Crippen LogP contribution in [0.2, 0.25) is 0 Å². The summed E-state index contributed by atoms with van der Waals surface area (Å²) in [4.78, 5) is 11.0. The molecule has 0 amide bonds. The van der Waals surface area contributed by atoms with Gasteiger partial charge < -0.3 is 19.7 Å². The van der Waals surface area contributed by atoms with Crippen molar-refractivity contribution in [3.63, 3.8) is 0 Å². The minimum absolute atomic E-state index is 0.0256. The van der Waals surface area contributed by atoms with E-state index >= 15 is 0 Å². The standard InChI is InChI=1S/C8H14O5/c1-7(3-12-2,6(9)10)8(11)4-13-5-8/h11H,3-5H2,1-2H3,(H,9,10). The second-order valence-electron chi connectivity index (χ2n) is 3.59. The van der Waals surface area contributed by atoms with Gasteiger partial charge in [0.1, 0.15) is 11.0 Å². The summed E-state index contributed by atoms with van der Waals surface area (Å²) in [5.74, 6) is -1.07. The third-order valence-corrected chi connectivity index (χ3v) is 2.61. The van der Waals surface area contributed by atoms with Crippen molar-refractivity contribution in [3.8, 4) is 0 Å². The lowest BCUT2D eigenvalue weighted by atomic mass is 9.72. The number of rotatable bonds is 4. The highest BCUT2D eigenvalue weighted by atomic mass is 16.5. The molecule has 0 bridgehead atoms. The van der Waals surface area contributed by atoms with Crippen molar-refractivity contribution in [2.24, 2.45) is 5.41 Å². The zero-order valence-corrected chi connectivity index (χ0v) is 7.74. The smallest absolute Gasteiger partial charge is 0.314 e. The number of hydrogen-bond acceptors (Lipinski definition) is 4. The highest BCUT2D eigenvalue weighted by Crippen LogP contribution is 2.37. The fourth-order valence-electron chi connectivity index (χ4n) is 1.30. The van der Waals surface area contributed by atoms with Crippen LogP contribution in [0.3, 0.4) is 0 Å². The molecule has 2 N–H and O–H groups in total. The van der Waals surface area contributed by atoms with E-state index < -0.39 is 17.0 Å². The van der Waals surface area contributed by atoms with Crippen molar-refractivity contribution < 1.29 is 24.5 Å². The Hall–Kier alpha value is -0.650. The van der Waals surface area contributed by atoms with Gasteiger partial charge in [-0.1, -0.05) is 0 Å². The van der Waals surface area contributed by atoms with Crippen LogP contribution in [0, 0.1) is 5.41 Å². The fourth-order valence-corrected chi connectivity index (χ4v) is 1.30. The summed E-state index contributed by atoms with van der Waals surface area (Å²) in [6.45, 7) is 1.54. The normalized spacial score (nSPS) is 24.5. The molecule has 0 aromatic rings. The van der Waals surface area contributed by atoms with Crippen molar-refractivity contribution in [2.75, 3.05) is 26.9 Å².